The molecule has 0 amide bonds. The zero-order chi connectivity index (χ0) is 21.4. The van der Waals surface area contributed by atoms with Crippen LogP contribution in [0.1, 0.15) is 23.6 Å². The lowest BCUT2D eigenvalue weighted by Gasteiger charge is -2.12. The predicted molar refractivity (Wildman–Crippen MR) is 110 cm³/mol. The van der Waals surface area contributed by atoms with Crippen molar-refractivity contribution in [3.63, 3.8) is 0 Å². The molecule has 0 saturated heterocycles. The molecule has 0 radical (unpaired) electrons. The van der Waals surface area contributed by atoms with Crippen LogP contribution < -0.4 is 10.6 Å². The summed E-state index contributed by atoms with van der Waals surface area (Å²) in [5, 5.41) is 13.1. The molecular formula is C21H23F3N6. The molecule has 30 heavy (non-hydrogen) atoms. The second-order valence-corrected chi connectivity index (χ2v) is 6.60. The molecule has 0 saturated carbocycles. The van der Waals surface area contributed by atoms with Crippen molar-refractivity contribution in [3.05, 3.63) is 71.5 Å². The SMILES string of the molecule is CCNC(=NCc1cccc(-c2ncn[nH]2)c1)NCCc1ccc(C(F)(F)F)cc1. The maximum Gasteiger partial charge on any atom is 0.416 e. The first-order chi connectivity index (χ1) is 14.5. The number of nitrogens with one attached hydrogen (secondary N) is 3. The van der Waals surface area contributed by atoms with E-state index in [4.69, 9.17) is 0 Å². The lowest BCUT2D eigenvalue weighted by Crippen LogP contribution is -2.38. The summed E-state index contributed by atoms with van der Waals surface area (Å²) in [5.74, 6) is 1.34. The summed E-state index contributed by atoms with van der Waals surface area (Å²) >= 11 is 0. The third-order valence-electron chi connectivity index (χ3n) is 4.37. The van der Waals surface area contributed by atoms with Crippen LogP contribution in [0.3, 0.4) is 0 Å². The van der Waals surface area contributed by atoms with Crippen LogP contribution in [0.2, 0.25) is 0 Å². The fourth-order valence-corrected chi connectivity index (χ4v) is 2.86. The Kier molecular flexibility index (Phi) is 7.05. The number of aromatic amines is 1. The second-order valence-electron chi connectivity index (χ2n) is 6.60. The molecular weight excluding hydrogens is 393 g/mol. The fraction of sp³-hybridized carbons (Fsp3) is 0.286. The van der Waals surface area contributed by atoms with Crippen molar-refractivity contribution >= 4 is 5.96 Å². The molecule has 158 valence electrons. The third-order valence-corrected chi connectivity index (χ3v) is 4.37. The second kappa shape index (κ2) is 9.91. The monoisotopic (exact) mass is 416 g/mol. The number of nitrogens with zero attached hydrogens (tertiary/aromatic N) is 3. The summed E-state index contributed by atoms with van der Waals surface area (Å²) in [6, 6.07) is 13.1. The van der Waals surface area contributed by atoms with E-state index in [1.165, 1.54) is 18.5 Å². The predicted octanol–water partition coefficient (Wildman–Crippen LogP) is 3.79. The van der Waals surface area contributed by atoms with Gasteiger partial charge in [0.1, 0.15) is 6.33 Å². The summed E-state index contributed by atoms with van der Waals surface area (Å²) in [6.45, 7) is 3.69. The smallest absolute Gasteiger partial charge is 0.357 e. The number of benzene rings is 2. The largest absolute Gasteiger partial charge is 0.416 e. The molecule has 1 heterocycles. The standard InChI is InChI=1S/C21H23F3N6/c1-2-25-20(26-11-10-15-6-8-18(9-7-15)21(22,23)24)27-13-16-4-3-5-17(12-16)19-28-14-29-30-19/h3-9,12,14H,2,10-11,13H2,1H3,(H2,25,26,27)(H,28,29,30). The van der Waals surface area contributed by atoms with Crippen molar-refractivity contribution in [3.8, 4) is 11.4 Å². The Hall–Kier alpha value is -3.36. The van der Waals surface area contributed by atoms with Crippen molar-refractivity contribution in [2.24, 2.45) is 4.99 Å². The van der Waals surface area contributed by atoms with Gasteiger partial charge in [0.2, 0.25) is 0 Å². The fourth-order valence-electron chi connectivity index (χ4n) is 2.86. The van der Waals surface area contributed by atoms with E-state index in [-0.39, 0.29) is 0 Å². The van der Waals surface area contributed by atoms with E-state index in [1.807, 2.05) is 31.2 Å². The van der Waals surface area contributed by atoms with E-state index < -0.39 is 11.7 Å². The summed E-state index contributed by atoms with van der Waals surface area (Å²) in [6.07, 6.45) is -2.26. The summed E-state index contributed by atoms with van der Waals surface area (Å²) in [4.78, 5) is 8.73. The molecule has 0 unspecified atom stereocenters. The normalized spacial score (nSPS) is 12.1. The number of hydrogen-bond donors (Lipinski definition) is 3. The van der Waals surface area contributed by atoms with Crippen molar-refractivity contribution in [1.82, 2.24) is 25.8 Å². The number of rotatable bonds is 7. The molecule has 0 aliphatic rings. The van der Waals surface area contributed by atoms with Crippen LogP contribution in [0.4, 0.5) is 13.2 Å². The highest BCUT2D eigenvalue weighted by molar-refractivity contribution is 5.79. The van der Waals surface area contributed by atoms with E-state index in [9.17, 15) is 13.2 Å². The van der Waals surface area contributed by atoms with Crippen LogP contribution in [0.25, 0.3) is 11.4 Å². The molecule has 3 aromatic rings. The minimum absolute atomic E-state index is 0.470. The van der Waals surface area contributed by atoms with E-state index in [2.05, 4.69) is 30.8 Å². The highest BCUT2D eigenvalue weighted by Gasteiger charge is 2.29. The zero-order valence-corrected chi connectivity index (χ0v) is 16.5. The minimum atomic E-state index is -4.31. The van der Waals surface area contributed by atoms with Gasteiger partial charge in [-0.25, -0.2) is 9.98 Å². The first kappa shape index (κ1) is 21.4. The van der Waals surface area contributed by atoms with Gasteiger partial charge in [-0.05, 0) is 42.7 Å². The van der Waals surface area contributed by atoms with Gasteiger partial charge in [0, 0.05) is 18.7 Å². The van der Waals surface area contributed by atoms with Crippen LogP contribution in [0, 0.1) is 0 Å². The third kappa shape index (κ3) is 6.07. The maximum atomic E-state index is 12.6. The molecule has 3 N–H and O–H groups in total. The molecule has 0 fully saturated rings. The average molecular weight is 416 g/mol. The quantitative estimate of drug-likeness (QED) is 0.405. The van der Waals surface area contributed by atoms with Crippen molar-refractivity contribution in [2.45, 2.75) is 26.1 Å². The molecule has 3 rings (SSSR count). The van der Waals surface area contributed by atoms with E-state index >= 15 is 0 Å². The van der Waals surface area contributed by atoms with E-state index in [1.54, 1.807) is 0 Å². The highest BCUT2D eigenvalue weighted by Crippen LogP contribution is 2.29. The van der Waals surface area contributed by atoms with Crippen molar-refractivity contribution in [1.29, 1.82) is 0 Å². The molecule has 0 atom stereocenters. The average Bonchev–Trinajstić information content (AvgIpc) is 3.27. The minimum Gasteiger partial charge on any atom is -0.357 e. The van der Waals surface area contributed by atoms with E-state index in [0.29, 0.717) is 37.8 Å². The van der Waals surface area contributed by atoms with Crippen LogP contribution in [-0.2, 0) is 19.1 Å². The molecule has 9 heteroatoms. The molecule has 0 aliphatic heterocycles. The van der Waals surface area contributed by atoms with Crippen LogP contribution in [0.5, 0.6) is 0 Å². The summed E-state index contributed by atoms with van der Waals surface area (Å²) in [5.41, 5.74) is 2.14. The first-order valence-corrected chi connectivity index (χ1v) is 9.58. The number of aliphatic imine (C=N–C) groups is 1. The van der Waals surface area contributed by atoms with Crippen LogP contribution in [-0.4, -0.2) is 34.2 Å². The van der Waals surface area contributed by atoms with Gasteiger partial charge in [-0.15, -0.1) is 0 Å². The van der Waals surface area contributed by atoms with Crippen molar-refractivity contribution in [2.75, 3.05) is 13.1 Å². The lowest BCUT2D eigenvalue weighted by atomic mass is 10.1. The zero-order valence-electron chi connectivity index (χ0n) is 16.5. The Morgan fingerprint density at radius 2 is 1.87 bits per heavy atom. The van der Waals surface area contributed by atoms with Gasteiger partial charge in [-0.2, -0.15) is 18.3 Å². The van der Waals surface area contributed by atoms with Gasteiger partial charge in [0.25, 0.3) is 0 Å². The number of H-pyrrole nitrogens is 1. The molecule has 2 aromatic carbocycles. The number of alkyl halides is 3. The Balaban J connectivity index is 1.56. The maximum absolute atomic E-state index is 12.6. The Morgan fingerprint density at radius 3 is 2.53 bits per heavy atom. The van der Waals surface area contributed by atoms with Gasteiger partial charge in [-0.3, -0.25) is 5.10 Å². The molecule has 6 nitrogen and oxygen atoms in total. The van der Waals surface area contributed by atoms with Crippen molar-refractivity contribution < 1.29 is 13.2 Å². The number of guanidine groups is 1. The topological polar surface area (TPSA) is 78.0 Å². The summed E-state index contributed by atoms with van der Waals surface area (Å²) in [7, 11) is 0. The van der Waals surface area contributed by atoms with Crippen LogP contribution in [0.15, 0.2) is 59.9 Å². The number of halogens is 3. The number of aromatic nitrogens is 3. The van der Waals surface area contributed by atoms with Gasteiger partial charge >= 0.3 is 6.18 Å². The van der Waals surface area contributed by atoms with Gasteiger partial charge in [0.05, 0.1) is 12.1 Å². The Bertz CT molecular complexity index is 950. The Labute approximate surface area is 172 Å². The lowest BCUT2D eigenvalue weighted by molar-refractivity contribution is -0.137. The molecule has 0 aliphatic carbocycles. The van der Waals surface area contributed by atoms with Crippen LogP contribution >= 0.6 is 0 Å². The molecule has 1 aromatic heterocycles. The van der Waals surface area contributed by atoms with Gasteiger partial charge in [0.15, 0.2) is 11.8 Å². The molecule has 0 spiro atoms. The van der Waals surface area contributed by atoms with E-state index in [0.717, 1.165) is 28.8 Å². The van der Waals surface area contributed by atoms with Gasteiger partial charge < -0.3 is 10.6 Å². The highest BCUT2D eigenvalue weighted by atomic mass is 19.4. The summed E-state index contributed by atoms with van der Waals surface area (Å²) < 4.78 is 37.9. The molecule has 0 bridgehead atoms. The first-order valence-electron chi connectivity index (χ1n) is 9.58. The number of hydrogen-bond acceptors (Lipinski definition) is 3. The van der Waals surface area contributed by atoms with Gasteiger partial charge in [-0.1, -0.05) is 30.3 Å². The Morgan fingerprint density at radius 1 is 1.07 bits per heavy atom.